The minimum Gasteiger partial charge on any atom is -0.404 e. The molecule has 5 nitrogen and oxygen atoms in total. The van der Waals surface area contributed by atoms with Crippen molar-refractivity contribution < 1.29 is 9.18 Å². The number of anilines is 1. The number of carbonyl (C=O) groups excluding carboxylic acids is 1. The summed E-state index contributed by atoms with van der Waals surface area (Å²) in [7, 11) is 1.64. The monoisotopic (exact) mass is 338 g/mol. The smallest absolute Gasteiger partial charge is 0.248 e. The second kappa shape index (κ2) is 8.54. The van der Waals surface area contributed by atoms with E-state index in [0.29, 0.717) is 11.1 Å². The number of nitrogens with zero attached hydrogens (tertiary/aromatic N) is 2. The number of aliphatic imine (C=N–C) groups is 1. The van der Waals surface area contributed by atoms with Crippen molar-refractivity contribution in [3.8, 4) is 0 Å². The molecule has 1 heterocycles. The molecule has 0 saturated carbocycles. The largest absolute Gasteiger partial charge is 0.404 e. The van der Waals surface area contributed by atoms with E-state index in [4.69, 9.17) is 5.73 Å². The van der Waals surface area contributed by atoms with Crippen LogP contribution in [0.5, 0.6) is 0 Å². The fourth-order valence-corrected chi connectivity index (χ4v) is 2.21. The second-order valence-corrected chi connectivity index (χ2v) is 5.28. The van der Waals surface area contributed by atoms with Gasteiger partial charge in [0, 0.05) is 49.1 Å². The Morgan fingerprint density at radius 2 is 2.16 bits per heavy atom. The van der Waals surface area contributed by atoms with Crippen molar-refractivity contribution in [1.29, 1.82) is 0 Å². The van der Waals surface area contributed by atoms with Crippen LogP contribution in [0.4, 0.5) is 10.1 Å². The fraction of sp³-hybridized carbons (Fsp3) is 0.105. The van der Waals surface area contributed by atoms with Crippen LogP contribution in [0.15, 0.2) is 53.9 Å². The molecule has 0 radical (unpaired) electrons. The molecule has 25 heavy (non-hydrogen) atoms. The van der Waals surface area contributed by atoms with Crippen LogP contribution in [0.1, 0.15) is 16.7 Å². The third-order valence-electron chi connectivity index (χ3n) is 3.41. The molecule has 1 aromatic heterocycles. The normalized spacial score (nSPS) is 12.0. The van der Waals surface area contributed by atoms with Crippen LogP contribution in [0.25, 0.3) is 11.6 Å². The summed E-state index contributed by atoms with van der Waals surface area (Å²) >= 11 is 0. The highest BCUT2D eigenvalue weighted by Crippen LogP contribution is 2.18. The summed E-state index contributed by atoms with van der Waals surface area (Å²) in [4.78, 5) is 20.1. The van der Waals surface area contributed by atoms with Gasteiger partial charge in [-0.15, -0.1) is 0 Å². The minimum absolute atomic E-state index is 0.132. The predicted molar refractivity (Wildman–Crippen MR) is 99.6 cm³/mol. The summed E-state index contributed by atoms with van der Waals surface area (Å²) in [6.07, 6.45) is 9.20. The summed E-state index contributed by atoms with van der Waals surface area (Å²) < 4.78 is 13.8. The lowest BCUT2D eigenvalue weighted by atomic mass is 10.0. The molecule has 0 aliphatic carbocycles. The number of allylic oxidation sites excluding steroid dienone is 1. The lowest BCUT2D eigenvalue weighted by molar-refractivity contribution is -0.111. The van der Waals surface area contributed by atoms with Crippen LogP contribution >= 0.6 is 0 Å². The number of amides is 1. The Morgan fingerprint density at radius 3 is 2.84 bits per heavy atom. The third kappa shape index (κ3) is 4.84. The number of aromatic nitrogens is 1. The number of rotatable bonds is 5. The van der Waals surface area contributed by atoms with Gasteiger partial charge in [-0.1, -0.05) is 6.07 Å². The van der Waals surface area contributed by atoms with E-state index in [-0.39, 0.29) is 5.69 Å². The molecule has 0 aliphatic heterocycles. The molecular weight excluding hydrogens is 319 g/mol. The average Bonchev–Trinajstić information content (AvgIpc) is 2.61. The van der Waals surface area contributed by atoms with Gasteiger partial charge in [-0.3, -0.25) is 14.8 Å². The van der Waals surface area contributed by atoms with Crippen LogP contribution in [0, 0.1) is 12.7 Å². The number of pyridine rings is 1. The molecule has 0 unspecified atom stereocenters. The van der Waals surface area contributed by atoms with Crippen LogP contribution < -0.4 is 11.1 Å². The zero-order chi connectivity index (χ0) is 18.2. The van der Waals surface area contributed by atoms with E-state index in [2.05, 4.69) is 15.3 Å². The van der Waals surface area contributed by atoms with Gasteiger partial charge < -0.3 is 11.1 Å². The zero-order valence-corrected chi connectivity index (χ0v) is 14.0. The van der Waals surface area contributed by atoms with E-state index >= 15 is 0 Å². The summed E-state index contributed by atoms with van der Waals surface area (Å²) in [5.74, 6) is -0.920. The van der Waals surface area contributed by atoms with Crippen LogP contribution in [-0.2, 0) is 4.79 Å². The Labute approximate surface area is 145 Å². The maximum Gasteiger partial charge on any atom is 0.248 e. The number of aryl methyl sites for hydroxylation is 1. The molecule has 2 rings (SSSR count). The summed E-state index contributed by atoms with van der Waals surface area (Å²) in [6.45, 7) is 1.78. The summed E-state index contributed by atoms with van der Waals surface area (Å²) in [6, 6.07) is 6.39. The van der Waals surface area contributed by atoms with E-state index in [9.17, 15) is 9.18 Å². The third-order valence-corrected chi connectivity index (χ3v) is 3.41. The van der Waals surface area contributed by atoms with Gasteiger partial charge in [-0.05, 0) is 42.3 Å². The first-order valence-electron chi connectivity index (χ1n) is 7.59. The Hall–Kier alpha value is -3.28. The number of nitrogens with one attached hydrogen (secondary N) is 1. The molecule has 0 aliphatic rings. The Balaban J connectivity index is 2.20. The molecule has 3 N–H and O–H groups in total. The molecule has 1 aromatic carbocycles. The van der Waals surface area contributed by atoms with Crippen molar-refractivity contribution in [1.82, 2.24) is 4.98 Å². The quantitative estimate of drug-likeness (QED) is 0.649. The Bertz CT molecular complexity index is 856. The van der Waals surface area contributed by atoms with Crippen molar-refractivity contribution in [3.63, 3.8) is 0 Å². The molecule has 0 spiro atoms. The fourth-order valence-electron chi connectivity index (χ4n) is 2.21. The first-order chi connectivity index (χ1) is 12.0. The number of halogens is 1. The Kier molecular flexibility index (Phi) is 6.17. The number of hydrogen-bond acceptors (Lipinski definition) is 4. The van der Waals surface area contributed by atoms with Gasteiger partial charge in [0.2, 0.25) is 5.91 Å². The predicted octanol–water partition coefficient (Wildman–Crippen LogP) is 3.18. The van der Waals surface area contributed by atoms with Crippen molar-refractivity contribution >= 4 is 29.5 Å². The summed E-state index contributed by atoms with van der Waals surface area (Å²) in [5, 5.41) is 2.51. The standard InChI is InChI=1S/C19H19FN4O/c1-13-3-5-18(17(20)9-13)24-19(25)6-4-14-12-23-8-7-16(14)15(10-21)11-22-2/h3-12H,21H2,1-2H3,(H,24,25)/b6-4+,15-10+,22-11?. The summed E-state index contributed by atoms with van der Waals surface area (Å²) in [5.41, 5.74) is 8.72. The van der Waals surface area contributed by atoms with Crippen molar-refractivity contribution in [3.05, 3.63) is 71.4 Å². The van der Waals surface area contributed by atoms with Gasteiger partial charge in [0.15, 0.2) is 0 Å². The van der Waals surface area contributed by atoms with E-state index in [0.717, 1.165) is 11.1 Å². The van der Waals surface area contributed by atoms with Crippen molar-refractivity contribution in [2.24, 2.45) is 10.7 Å². The topological polar surface area (TPSA) is 80.4 Å². The van der Waals surface area contributed by atoms with Gasteiger partial charge >= 0.3 is 0 Å². The van der Waals surface area contributed by atoms with E-state index in [1.165, 1.54) is 24.4 Å². The molecule has 128 valence electrons. The van der Waals surface area contributed by atoms with Gasteiger partial charge in [0.25, 0.3) is 0 Å². The van der Waals surface area contributed by atoms with Gasteiger partial charge in [0.1, 0.15) is 5.82 Å². The maximum absolute atomic E-state index is 13.8. The van der Waals surface area contributed by atoms with Gasteiger partial charge in [-0.25, -0.2) is 4.39 Å². The molecule has 1 amide bonds. The van der Waals surface area contributed by atoms with E-state index in [1.54, 1.807) is 50.8 Å². The van der Waals surface area contributed by atoms with E-state index in [1.807, 2.05) is 0 Å². The average molecular weight is 338 g/mol. The van der Waals surface area contributed by atoms with E-state index < -0.39 is 11.7 Å². The van der Waals surface area contributed by atoms with Gasteiger partial charge in [-0.2, -0.15) is 0 Å². The van der Waals surface area contributed by atoms with Gasteiger partial charge in [0.05, 0.1) is 5.69 Å². The number of hydrogen-bond donors (Lipinski definition) is 2. The molecule has 0 fully saturated rings. The second-order valence-electron chi connectivity index (χ2n) is 5.28. The minimum atomic E-state index is -0.476. The molecule has 6 heteroatoms. The highest BCUT2D eigenvalue weighted by molar-refractivity contribution is 6.11. The number of carbonyl (C=O) groups is 1. The van der Waals surface area contributed by atoms with Crippen LogP contribution in [0.3, 0.4) is 0 Å². The molecule has 2 aromatic rings. The van der Waals surface area contributed by atoms with Crippen LogP contribution in [-0.4, -0.2) is 24.2 Å². The lowest BCUT2D eigenvalue weighted by Gasteiger charge is -2.06. The van der Waals surface area contributed by atoms with Crippen LogP contribution in [0.2, 0.25) is 0 Å². The molecule has 0 saturated heterocycles. The highest BCUT2D eigenvalue weighted by atomic mass is 19.1. The lowest BCUT2D eigenvalue weighted by Crippen LogP contribution is -2.09. The highest BCUT2D eigenvalue weighted by Gasteiger charge is 2.06. The van der Waals surface area contributed by atoms with Crippen molar-refractivity contribution in [2.45, 2.75) is 6.92 Å². The molecule has 0 bridgehead atoms. The zero-order valence-electron chi connectivity index (χ0n) is 14.0. The molecular formula is C19H19FN4O. The van der Waals surface area contributed by atoms with Crippen molar-refractivity contribution in [2.75, 3.05) is 12.4 Å². The molecule has 0 atom stereocenters. The number of benzene rings is 1. The Morgan fingerprint density at radius 1 is 1.36 bits per heavy atom. The number of nitrogens with two attached hydrogens (primary N) is 1. The first kappa shape index (κ1) is 18.1. The SMILES string of the molecule is CN=C/C(=C\N)c1ccncc1/C=C/C(=O)Nc1ccc(C)cc1F. The maximum atomic E-state index is 13.8. The first-order valence-corrected chi connectivity index (χ1v) is 7.59.